The first-order chi connectivity index (χ1) is 15.0. The van der Waals surface area contributed by atoms with Crippen LogP contribution in [0.25, 0.3) is 0 Å². The molecule has 1 fully saturated rings. The van der Waals surface area contributed by atoms with Crippen molar-refractivity contribution < 1.29 is 34.6 Å². The summed E-state index contributed by atoms with van der Waals surface area (Å²) in [5.74, 6) is 1.50. The van der Waals surface area contributed by atoms with Crippen LogP contribution in [-0.2, 0) is 11.3 Å². The Morgan fingerprint density at radius 1 is 1.03 bits per heavy atom. The number of hydrogen-bond acceptors (Lipinski definition) is 8. The van der Waals surface area contributed by atoms with E-state index in [9.17, 15) is 20.4 Å². The summed E-state index contributed by atoms with van der Waals surface area (Å²) in [6.07, 6.45) is -5.94. The fraction of sp³-hybridized carbons (Fsp3) is 0.478. The third-order valence-corrected chi connectivity index (χ3v) is 5.77. The Bertz CT molecular complexity index is 873. The van der Waals surface area contributed by atoms with Crippen LogP contribution in [0.1, 0.15) is 24.2 Å². The third kappa shape index (κ3) is 4.49. The molecule has 1 saturated heterocycles. The summed E-state index contributed by atoms with van der Waals surface area (Å²) in [6.45, 7) is 4.09. The van der Waals surface area contributed by atoms with Gasteiger partial charge >= 0.3 is 0 Å². The van der Waals surface area contributed by atoms with Crippen LogP contribution in [0, 0.1) is 0 Å². The molecule has 4 rings (SSSR count). The molecular weight excluding hydrogens is 402 g/mol. The summed E-state index contributed by atoms with van der Waals surface area (Å²) in [4.78, 5) is 2.21. The van der Waals surface area contributed by atoms with Gasteiger partial charge in [0.05, 0.1) is 25.4 Å². The first kappa shape index (κ1) is 21.9. The molecule has 0 radical (unpaired) electrons. The zero-order valence-electron chi connectivity index (χ0n) is 17.4. The lowest BCUT2D eigenvalue weighted by atomic mass is 9.91. The lowest BCUT2D eigenvalue weighted by Gasteiger charge is -2.40. The maximum absolute atomic E-state index is 10.4. The Morgan fingerprint density at radius 3 is 2.52 bits per heavy atom. The molecule has 31 heavy (non-hydrogen) atoms. The minimum Gasteiger partial charge on any atom is -0.494 e. The van der Waals surface area contributed by atoms with Crippen molar-refractivity contribution in [3.63, 3.8) is 0 Å². The number of anilines is 1. The van der Waals surface area contributed by atoms with Crippen molar-refractivity contribution in [2.45, 2.75) is 44.0 Å². The number of benzene rings is 2. The van der Waals surface area contributed by atoms with Crippen LogP contribution in [0.3, 0.4) is 0 Å². The van der Waals surface area contributed by atoms with E-state index >= 15 is 0 Å². The predicted octanol–water partition coefficient (Wildman–Crippen LogP) is 0.999. The summed E-state index contributed by atoms with van der Waals surface area (Å²) in [6, 6.07) is 13.5. The Hall–Kier alpha value is -2.36. The first-order valence-electron chi connectivity index (χ1n) is 10.6. The molecule has 4 N–H and O–H groups in total. The van der Waals surface area contributed by atoms with Gasteiger partial charge in [-0.25, -0.2) is 0 Å². The molecule has 2 aromatic carbocycles. The maximum atomic E-state index is 10.4. The van der Waals surface area contributed by atoms with E-state index in [0.717, 1.165) is 23.5 Å². The van der Waals surface area contributed by atoms with E-state index in [1.54, 1.807) is 6.07 Å². The first-order valence-corrected chi connectivity index (χ1v) is 10.6. The summed E-state index contributed by atoms with van der Waals surface area (Å²) >= 11 is 0. The number of nitrogens with zero attached hydrogens (tertiary/aromatic N) is 1. The molecule has 8 heteroatoms. The van der Waals surface area contributed by atoms with Gasteiger partial charge in [-0.05, 0) is 42.3 Å². The highest BCUT2D eigenvalue weighted by molar-refractivity contribution is 5.61. The van der Waals surface area contributed by atoms with Crippen molar-refractivity contribution in [1.29, 1.82) is 0 Å². The Balaban J connectivity index is 1.53. The van der Waals surface area contributed by atoms with Crippen LogP contribution < -0.4 is 14.4 Å². The normalized spacial score (nSPS) is 28.0. The van der Waals surface area contributed by atoms with Gasteiger partial charge in [0.1, 0.15) is 48.6 Å². The number of aliphatic hydroxyl groups excluding tert-OH is 4. The highest BCUT2D eigenvalue weighted by Crippen LogP contribution is 2.39. The minimum absolute atomic E-state index is 0.460. The SMILES string of the molecule is CCOc1ccc(CN2CCOc3cc([C@@H]4O[C@H](CO)[C@@H](O)[C@H](O)[C@H]4O)ccc32)cc1. The van der Waals surface area contributed by atoms with Gasteiger partial charge in [0.2, 0.25) is 0 Å². The van der Waals surface area contributed by atoms with E-state index in [1.807, 2.05) is 43.3 Å². The Labute approximate surface area is 181 Å². The summed E-state index contributed by atoms with van der Waals surface area (Å²) < 4.78 is 17.0. The molecule has 0 bridgehead atoms. The molecule has 2 heterocycles. The Morgan fingerprint density at radius 2 is 1.81 bits per heavy atom. The van der Waals surface area contributed by atoms with Crippen LogP contribution in [0.15, 0.2) is 42.5 Å². The topological polar surface area (TPSA) is 112 Å². The second kappa shape index (κ2) is 9.42. The molecule has 0 amide bonds. The molecular formula is C23H29NO7. The molecule has 2 aliphatic heterocycles. The fourth-order valence-electron chi connectivity index (χ4n) is 4.09. The smallest absolute Gasteiger partial charge is 0.143 e. The van der Waals surface area contributed by atoms with Crippen molar-refractivity contribution >= 4 is 5.69 Å². The molecule has 0 saturated carbocycles. The van der Waals surface area contributed by atoms with E-state index in [0.29, 0.717) is 31.1 Å². The van der Waals surface area contributed by atoms with Crippen LogP contribution in [0.2, 0.25) is 0 Å². The summed E-state index contributed by atoms with van der Waals surface area (Å²) in [5.41, 5.74) is 2.68. The monoisotopic (exact) mass is 431 g/mol. The molecule has 2 aromatic rings. The lowest BCUT2D eigenvalue weighted by molar-refractivity contribution is -0.231. The van der Waals surface area contributed by atoms with Gasteiger partial charge in [-0.2, -0.15) is 0 Å². The van der Waals surface area contributed by atoms with Gasteiger partial charge < -0.3 is 39.5 Å². The largest absolute Gasteiger partial charge is 0.494 e. The molecule has 2 aliphatic rings. The number of fused-ring (bicyclic) bond motifs is 1. The van der Waals surface area contributed by atoms with Gasteiger partial charge in [-0.1, -0.05) is 18.2 Å². The summed E-state index contributed by atoms with van der Waals surface area (Å²) in [7, 11) is 0. The van der Waals surface area contributed by atoms with Crippen LogP contribution >= 0.6 is 0 Å². The van der Waals surface area contributed by atoms with E-state index < -0.39 is 37.1 Å². The minimum atomic E-state index is -1.41. The predicted molar refractivity (Wildman–Crippen MR) is 113 cm³/mol. The second-order valence-electron chi connectivity index (χ2n) is 7.82. The van der Waals surface area contributed by atoms with Crippen LogP contribution in [0.4, 0.5) is 5.69 Å². The zero-order chi connectivity index (χ0) is 22.0. The van der Waals surface area contributed by atoms with Gasteiger partial charge in [0, 0.05) is 6.54 Å². The average molecular weight is 431 g/mol. The average Bonchev–Trinajstić information content (AvgIpc) is 2.79. The maximum Gasteiger partial charge on any atom is 0.143 e. The lowest BCUT2D eigenvalue weighted by Crippen LogP contribution is -2.55. The van der Waals surface area contributed by atoms with E-state index in [-0.39, 0.29) is 0 Å². The van der Waals surface area contributed by atoms with Crippen molar-refractivity contribution in [2.24, 2.45) is 0 Å². The van der Waals surface area contributed by atoms with Crippen LogP contribution in [0.5, 0.6) is 11.5 Å². The molecule has 168 valence electrons. The van der Waals surface area contributed by atoms with Crippen molar-refractivity contribution in [2.75, 3.05) is 31.3 Å². The highest BCUT2D eigenvalue weighted by atomic mass is 16.5. The van der Waals surface area contributed by atoms with E-state index in [2.05, 4.69) is 4.90 Å². The van der Waals surface area contributed by atoms with E-state index in [4.69, 9.17) is 14.2 Å². The third-order valence-electron chi connectivity index (χ3n) is 5.77. The molecule has 5 atom stereocenters. The second-order valence-corrected chi connectivity index (χ2v) is 7.82. The highest BCUT2D eigenvalue weighted by Gasteiger charge is 2.44. The number of aliphatic hydroxyl groups is 4. The van der Waals surface area contributed by atoms with Gasteiger partial charge in [0.15, 0.2) is 0 Å². The number of ether oxygens (including phenoxy) is 3. The van der Waals surface area contributed by atoms with Crippen LogP contribution in [-0.4, -0.2) is 71.2 Å². The quantitative estimate of drug-likeness (QED) is 0.536. The molecule has 0 spiro atoms. The standard InChI is InChI=1S/C23H29NO7/c1-2-29-16-6-3-14(4-7-16)12-24-9-10-30-18-11-15(5-8-17(18)24)23-22(28)21(27)20(26)19(13-25)31-23/h3-8,11,19-23,25-28H,2,9-10,12-13H2,1H3/t19-,20-,21+,22-,23+/m1/s1. The van der Waals surface area contributed by atoms with Gasteiger partial charge in [0.25, 0.3) is 0 Å². The van der Waals surface area contributed by atoms with Crippen molar-refractivity contribution in [3.8, 4) is 11.5 Å². The molecule has 0 aliphatic carbocycles. The van der Waals surface area contributed by atoms with Gasteiger partial charge in [-0.15, -0.1) is 0 Å². The Kier molecular flexibility index (Phi) is 6.64. The van der Waals surface area contributed by atoms with E-state index in [1.165, 1.54) is 0 Å². The van der Waals surface area contributed by atoms with Gasteiger partial charge in [-0.3, -0.25) is 0 Å². The fourth-order valence-corrected chi connectivity index (χ4v) is 4.09. The number of hydrogen-bond donors (Lipinski definition) is 4. The van der Waals surface area contributed by atoms with Crippen molar-refractivity contribution in [3.05, 3.63) is 53.6 Å². The molecule has 0 unspecified atom stereocenters. The molecule has 0 aromatic heterocycles. The summed E-state index contributed by atoms with van der Waals surface area (Å²) in [5, 5.41) is 39.9. The number of rotatable bonds is 6. The zero-order valence-corrected chi connectivity index (χ0v) is 17.4. The van der Waals surface area contributed by atoms with Crippen molar-refractivity contribution in [1.82, 2.24) is 0 Å². The molecule has 8 nitrogen and oxygen atoms in total.